The predicted octanol–water partition coefficient (Wildman–Crippen LogP) is 0.951. The number of anilines is 1. The zero-order chi connectivity index (χ0) is 13.2. The molecule has 98 valence electrons. The molecule has 2 aromatic rings. The van der Waals surface area contributed by atoms with Crippen LogP contribution in [-0.4, -0.2) is 33.2 Å². The third-order valence-electron chi connectivity index (χ3n) is 2.23. The molecule has 0 fully saturated rings. The quantitative estimate of drug-likeness (QED) is 0.807. The molecule has 0 unspecified atom stereocenters. The smallest absolute Gasteiger partial charge is 0.275 e. The van der Waals surface area contributed by atoms with E-state index < -0.39 is 0 Å². The number of rotatable bonds is 4. The zero-order valence-electron chi connectivity index (χ0n) is 10.7. The second-order valence-electron chi connectivity index (χ2n) is 4.99. The highest BCUT2D eigenvalue weighted by Crippen LogP contribution is 2.14. The maximum atomic E-state index is 11.5. The molecular formula is C11H17N5OS. The fourth-order valence-corrected chi connectivity index (χ4v) is 2.22. The van der Waals surface area contributed by atoms with Gasteiger partial charge in [0.1, 0.15) is 0 Å². The zero-order valence-corrected chi connectivity index (χ0v) is 11.5. The molecule has 0 aliphatic heterocycles. The van der Waals surface area contributed by atoms with Gasteiger partial charge in [-0.1, -0.05) is 11.3 Å². The summed E-state index contributed by atoms with van der Waals surface area (Å²) in [4.78, 5) is 16.2. The largest absolute Gasteiger partial charge is 0.359 e. The van der Waals surface area contributed by atoms with Crippen molar-refractivity contribution in [1.29, 1.82) is 0 Å². The lowest BCUT2D eigenvalue weighted by Gasteiger charge is -2.20. The molecule has 7 heteroatoms. The van der Waals surface area contributed by atoms with E-state index in [1.807, 2.05) is 0 Å². The first kappa shape index (κ1) is 13.0. The summed E-state index contributed by atoms with van der Waals surface area (Å²) < 4.78 is 1.31. The van der Waals surface area contributed by atoms with E-state index in [0.717, 1.165) is 13.1 Å². The van der Waals surface area contributed by atoms with Crippen molar-refractivity contribution in [2.24, 2.45) is 0 Å². The van der Waals surface area contributed by atoms with Crippen LogP contribution in [0.2, 0.25) is 0 Å². The molecule has 0 atom stereocenters. The average Bonchev–Trinajstić information content (AvgIpc) is 2.68. The molecule has 2 N–H and O–H groups in total. The fraction of sp³-hybridized carbons (Fsp3) is 0.545. The molecule has 0 radical (unpaired) electrons. The maximum absolute atomic E-state index is 11.5. The molecule has 2 rings (SSSR count). The number of fused-ring (bicyclic) bond motifs is 1. The lowest BCUT2D eigenvalue weighted by atomic mass is 10.1. The molecular weight excluding hydrogens is 250 g/mol. The van der Waals surface area contributed by atoms with Gasteiger partial charge in [-0.25, -0.2) is 4.98 Å². The van der Waals surface area contributed by atoms with Crippen LogP contribution < -0.4 is 16.2 Å². The Balaban J connectivity index is 1.96. The van der Waals surface area contributed by atoms with Crippen LogP contribution in [0.15, 0.2) is 17.1 Å². The molecule has 0 amide bonds. The monoisotopic (exact) mass is 267 g/mol. The third kappa shape index (κ3) is 3.27. The Morgan fingerprint density at radius 3 is 2.83 bits per heavy atom. The third-order valence-corrected chi connectivity index (χ3v) is 3.11. The summed E-state index contributed by atoms with van der Waals surface area (Å²) in [6.07, 6.45) is 1.50. The van der Waals surface area contributed by atoms with Gasteiger partial charge in [-0.3, -0.25) is 4.79 Å². The van der Waals surface area contributed by atoms with Crippen LogP contribution in [0.25, 0.3) is 4.96 Å². The minimum Gasteiger partial charge on any atom is -0.359 e. The Bertz CT molecular complexity index is 583. The van der Waals surface area contributed by atoms with E-state index in [-0.39, 0.29) is 11.1 Å². The standard InChI is InChI=1S/C11H17N5OS/c1-11(2,3)14-7-6-12-9-15-16-8(17)4-5-13-10(16)18-9/h4-5,14H,6-7H2,1-3H3,(H,12,15). The number of hydrogen-bond donors (Lipinski definition) is 2. The van der Waals surface area contributed by atoms with Crippen molar-refractivity contribution in [3.05, 3.63) is 22.6 Å². The molecule has 0 saturated carbocycles. The van der Waals surface area contributed by atoms with Gasteiger partial charge in [-0.2, -0.15) is 4.52 Å². The van der Waals surface area contributed by atoms with Gasteiger partial charge in [0.2, 0.25) is 10.1 Å². The van der Waals surface area contributed by atoms with Gasteiger partial charge in [0.25, 0.3) is 5.56 Å². The van der Waals surface area contributed by atoms with Crippen LogP contribution in [0, 0.1) is 0 Å². The first-order valence-corrected chi connectivity index (χ1v) is 6.61. The van der Waals surface area contributed by atoms with Crippen molar-refractivity contribution in [2.45, 2.75) is 26.3 Å². The number of nitrogens with one attached hydrogen (secondary N) is 2. The van der Waals surface area contributed by atoms with Gasteiger partial charge in [0.05, 0.1) is 0 Å². The van der Waals surface area contributed by atoms with E-state index >= 15 is 0 Å². The van der Waals surface area contributed by atoms with Crippen LogP contribution in [0.5, 0.6) is 0 Å². The van der Waals surface area contributed by atoms with Gasteiger partial charge in [0.15, 0.2) is 0 Å². The van der Waals surface area contributed by atoms with Crippen LogP contribution in [0.3, 0.4) is 0 Å². The van der Waals surface area contributed by atoms with E-state index in [9.17, 15) is 4.79 Å². The van der Waals surface area contributed by atoms with Crippen LogP contribution in [0.4, 0.5) is 5.13 Å². The fourth-order valence-electron chi connectivity index (χ4n) is 1.42. The second-order valence-corrected chi connectivity index (χ2v) is 5.94. The minimum atomic E-state index is -0.155. The van der Waals surface area contributed by atoms with Crippen molar-refractivity contribution >= 4 is 21.4 Å². The molecule has 18 heavy (non-hydrogen) atoms. The summed E-state index contributed by atoms with van der Waals surface area (Å²) in [6.45, 7) is 7.95. The van der Waals surface area contributed by atoms with E-state index in [1.54, 1.807) is 0 Å². The Morgan fingerprint density at radius 1 is 1.39 bits per heavy atom. The molecule has 2 aromatic heterocycles. The first-order chi connectivity index (χ1) is 8.46. The topological polar surface area (TPSA) is 71.3 Å². The number of aromatic nitrogens is 3. The van der Waals surface area contributed by atoms with Crippen molar-refractivity contribution in [3.8, 4) is 0 Å². The number of hydrogen-bond acceptors (Lipinski definition) is 6. The first-order valence-electron chi connectivity index (χ1n) is 5.79. The summed E-state index contributed by atoms with van der Waals surface area (Å²) in [7, 11) is 0. The predicted molar refractivity (Wildman–Crippen MR) is 73.4 cm³/mol. The minimum absolute atomic E-state index is 0.105. The summed E-state index contributed by atoms with van der Waals surface area (Å²) in [5.74, 6) is 0. The average molecular weight is 267 g/mol. The highest BCUT2D eigenvalue weighted by molar-refractivity contribution is 7.20. The molecule has 0 aliphatic carbocycles. The molecule has 0 aromatic carbocycles. The Kier molecular flexibility index (Phi) is 3.63. The Hall–Kier alpha value is -1.47. The number of nitrogens with zero attached hydrogens (tertiary/aromatic N) is 3. The SMILES string of the molecule is CC(C)(C)NCCNc1nn2c(=O)ccnc2s1. The van der Waals surface area contributed by atoms with Gasteiger partial charge in [0, 0.05) is 30.9 Å². The van der Waals surface area contributed by atoms with Gasteiger partial charge < -0.3 is 10.6 Å². The molecule has 2 heterocycles. The summed E-state index contributed by atoms with van der Waals surface area (Å²) in [6, 6.07) is 1.40. The van der Waals surface area contributed by atoms with E-state index in [4.69, 9.17) is 0 Å². The Labute approximate surface area is 109 Å². The molecule has 0 saturated heterocycles. The summed E-state index contributed by atoms with van der Waals surface area (Å²) >= 11 is 1.37. The van der Waals surface area contributed by atoms with Crippen LogP contribution in [0.1, 0.15) is 20.8 Å². The van der Waals surface area contributed by atoms with E-state index in [2.05, 4.69) is 41.5 Å². The van der Waals surface area contributed by atoms with Gasteiger partial charge >= 0.3 is 0 Å². The maximum Gasteiger partial charge on any atom is 0.275 e. The van der Waals surface area contributed by atoms with E-state index in [0.29, 0.717) is 10.1 Å². The van der Waals surface area contributed by atoms with Crippen molar-refractivity contribution in [3.63, 3.8) is 0 Å². The molecule has 0 spiro atoms. The van der Waals surface area contributed by atoms with Gasteiger partial charge in [-0.15, -0.1) is 5.10 Å². The molecule has 0 bridgehead atoms. The van der Waals surface area contributed by atoms with Gasteiger partial charge in [-0.05, 0) is 20.8 Å². The van der Waals surface area contributed by atoms with Crippen LogP contribution >= 0.6 is 11.3 Å². The Morgan fingerprint density at radius 2 is 2.17 bits per heavy atom. The van der Waals surface area contributed by atoms with Crippen LogP contribution in [-0.2, 0) is 0 Å². The lowest BCUT2D eigenvalue weighted by Crippen LogP contribution is -2.38. The van der Waals surface area contributed by atoms with Crippen molar-refractivity contribution < 1.29 is 0 Å². The summed E-state index contributed by atoms with van der Waals surface area (Å²) in [5.41, 5.74) is -0.0505. The molecule has 0 aliphatic rings. The van der Waals surface area contributed by atoms with Crippen molar-refractivity contribution in [2.75, 3.05) is 18.4 Å². The molecule has 6 nitrogen and oxygen atoms in total. The summed E-state index contributed by atoms with van der Waals surface area (Å²) in [5, 5.41) is 11.4. The van der Waals surface area contributed by atoms with Crippen molar-refractivity contribution in [1.82, 2.24) is 19.9 Å². The van der Waals surface area contributed by atoms with E-state index in [1.165, 1.54) is 28.1 Å². The highest BCUT2D eigenvalue weighted by Gasteiger charge is 2.08. The lowest BCUT2D eigenvalue weighted by molar-refractivity contribution is 0.435. The normalized spacial score (nSPS) is 11.9. The highest BCUT2D eigenvalue weighted by atomic mass is 32.1. The second kappa shape index (κ2) is 5.03.